The smallest absolute Gasteiger partial charge is 0.249 e. The highest BCUT2D eigenvalue weighted by atomic mass is 16.1. The van der Waals surface area contributed by atoms with Crippen LogP contribution in [-0.2, 0) is 6.54 Å². The Morgan fingerprint density at radius 3 is 2.70 bits per heavy atom. The number of fused-ring (bicyclic) bond motifs is 1. The maximum Gasteiger partial charge on any atom is 0.249 e. The summed E-state index contributed by atoms with van der Waals surface area (Å²) in [7, 11) is 0. The van der Waals surface area contributed by atoms with Crippen LogP contribution in [-0.4, -0.2) is 23.9 Å². The summed E-state index contributed by atoms with van der Waals surface area (Å²) in [6.07, 6.45) is 6.96. The van der Waals surface area contributed by atoms with E-state index in [9.17, 15) is 4.79 Å². The molecule has 3 heteroatoms. The number of benzene rings is 1. The van der Waals surface area contributed by atoms with Crippen LogP contribution in [0, 0.1) is 11.8 Å². The summed E-state index contributed by atoms with van der Waals surface area (Å²) in [6, 6.07) is 7.75. The third-order valence-electron chi connectivity index (χ3n) is 5.05. The van der Waals surface area contributed by atoms with Crippen LogP contribution in [0.2, 0.25) is 0 Å². The highest BCUT2D eigenvalue weighted by Crippen LogP contribution is 2.36. The van der Waals surface area contributed by atoms with Crippen molar-refractivity contribution >= 4 is 5.91 Å². The van der Waals surface area contributed by atoms with Gasteiger partial charge in [-0.2, -0.15) is 0 Å². The third-order valence-corrected chi connectivity index (χ3v) is 5.05. The Morgan fingerprint density at radius 2 is 1.90 bits per heavy atom. The number of piperidine rings is 1. The van der Waals surface area contributed by atoms with Crippen LogP contribution in [0.1, 0.15) is 48.0 Å². The average Bonchev–Trinajstić information content (AvgIpc) is 2.47. The fourth-order valence-corrected chi connectivity index (χ4v) is 3.96. The first kappa shape index (κ1) is 13.6. The topological polar surface area (TPSA) is 46.3 Å². The van der Waals surface area contributed by atoms with Crippen LogP contribution in [0.15, 0.2) is 24.3 Å². The van der Waals surface area contributed by atoms with E-state index in [1.165, 1.54) is 38.6 Å². The Kier molecular flexibility index (Phi) is 4.06. The largest absolute Gasteiger partial charge is 0.366 e. The molecule has 2 unspecified atom stereocenters. The molecule has 108 valence electrons. The number of carbonyl (C=O) groups is 1. The quantitative estimate of drug-likeness (QED) is 0.919. The molecule has 1 amide bonds. The summed E-state index contributed by atoms with van der Waals surface area (Å²) in [5, 5.41) is 0. The van der Waals surface area contributed by atoms with Crippen LogP contribution in [0.25, 0.3) is 0 Å². The Bertz CT molecular complexity index is 486. The monoisotopic (exact) mass is 272 g/mol. The van der Waals surface area contributed by atoms with Crippen molar-refractivity contribution in [3.8, 4) is 0 Å². The maximum atomic E-state index is 11.5. The van der Waals surface area contributed by atoms with Gasteiger partial charge < -0.3 is 5.73 Å². The second-order valence-electron chi connectivity index (χ2n) is 6.35. The van der Waals surface area contributed by atoms with Crippen molar-refractivity contribution in [1.29, 1.82) is 0 Å². The third kappa shape index (κ3) is 2.88. The van der Waals surface area contributed by atoms with Crippen molar-refractivity contribution in [2.75, 3.05) is 13.1 Å². The summed E-state index contributed by atoms with van der Waals surface area (Å²) >= 11 is 0. The first-order valence-electron chi connectivity index (χ1n) is 7.84. The normalized spacial score (nSPS) is 27.0. The maximum absolute atomic E-state index is 11.5. The number of primary amides is 1. The molecule has 3 rings (SSSR count). The van der Waals surface area contributed by atoms with Crippen LogP contribution < -0.4 is 5.73 Å². The van der Waals surface area contributed by atoms with E-state index in [1.54, 1.807) is 0 Å². The van der Waals surface area contributed by atoms with Gasteiger partial charge in [-0.3, -0.25) is 9.69 Å². The van der Waals surface area contributed by atoms with Gasteiger partial charge >= 0.3 is 0 Å². The second kappa shape index (κ2) is 5.96. The fourth-order valence-electron chi connectivity index (χ4n) is 3.96. The SMILES string of the molecule is NC(=O)c1ccccc1CN1CCC2CCCCC2C1. The molecular weight excluding hydrogens is 248 g/mol. The minimum Gasteiger partial charge on any atom is -0.366 e. The first-order chi connectivity index (χ1) is 9.74. The van der Waals surface area contributed by atoms with Gasteiger partial charge in [0, 0.05) is 18.7 Å². The molecule has 1 aliphatic carbocycles. The second-order valence-corrected chi connectivity index (χ2v) is 6.35. The highest BCUT2D eigenvalue weighted by Gasteiger charge is 2.31. The minimum absolute atomic E-state index is 0.312. The highest BCUT2D eigenvalue weighted by molar-refractivity contribution is 5.94. The van der Waals surface area contributed by atoms with Gasteiger partial charge in [-0.1, -0.05) is 37.5 Å². The van der Waals surface area contributed by atoms with Crippen molar-refractivity contribution in [2.24, 2.45) is 17.6 Å². The predicted octanol–water partition coefficient (Wildman–Crippen LogP) is 2.80. The standard InChI is InChI=1S/C17H24N2O/c18-17(20)16-8-4-3-7-15(16)12-19-10-9-13-5-1-2-6-14(13)11-19/h3-4,7-8,13-14H,1-2,5-6,9-12H2,(H2,18,20). The van der Waals surface area contributed by atoms with E-state index in [1.807, 2.05) is 24.3 Å². The minimum atomic E-state index is -0.312. The molecule has 1 saturated heterocycles. The van der Waals surface area contributed by atoms with Crippen molar-refractivity contribution < 1.29 is 4.79 Å². The van der Waals surface area contributed by atoms with Gasteiger partial charge in [0.25, 0.3) is 0 Å². The fraction of sp³-hybridized carbons (Fsp3) is 0.588. The molecule has 0 radical (unpaired) electrons. The van der Waals surface area contributed by atoms with Gasteiger partial charge in [-0.05, 0) is 42.9 Å². The molecule has 2 fully saturated rings. The molecule has 1 aliphatic heterocycles. The van der Waals surface area contributed by atoms with Crippen LogP contribution in [0.5, 0.6) is 0 Å². The lowest BCUT2D eigenvalue weighted by atomic mass is 9.75. The Hall–Kier alpha value is -1.35. The van der Waals surface area contributed by atoms with E-state index in [4.69, 9.17) is 5.73 Å². The predicted molar refractivity (Wildman–Crippen MR) is 80.3 cm³/mol. The number of carbonyl (C=O) groups excluding carboxylic acids is 1. The summed E-state index contributed by atoms with van der Waals surface area (Å²) in [4.78, 5) is 14.0. The molecule has 0 bridgehead atoms. The van der Waals surface area contributed by atoms with Gasteiger partial charge in [-0.25, -0.2) is 0 Å². The molecule has 1 saturated carbocycles. The molecule has 2 aliphatic rings. The zero-order valence-corrected chi connectivity index (χ0v) is 12.1. The van der Waals surface area contributed by atoms with Crippen LogP contribution in [0.4, 0.5) is 0 Å². The van der Waals surface area contributed by atoms with E-state index in [2.05, 4.69) is 4.90 Å². The lowest BCUT2D eigenvalue weighted by Crippen LogP contribution is -2.41. The Morgan fingerprint density at radius 1 is 1.15 bits per heavy atom. The van der Waals surface area contributed by atoms with Crippen LogP contribution in [0.3, 0.4) is 0 Å². The van der Waals surface area contributed by atoms with Crippen molar-refractivity contribution in [3.05, 3.63) is 35.4 Å². The van der Waals surface area contributed by atoms with E-state index >= 15 is 0 Å². The van der Waals surface area contributed by atoms with Crippen molar-refractivity contribution in [2.45, 2.75) is 38.6 Å². The molecule has 1 aromatic carbocycles. The van der Waals surface area contributed by atoms with Gasteiger partial charge in [-0.15, -0.1) is 0 Å². The van der Waals surface area contributed by atoms with E-state index in [-0.39, 0.29) is 5.91 Å². The summed E-state index contributed by atoms with van der Waals surface area (Å²) in [6.45, 7) is 3.22. The lowest BCUT2D eigenvalue weighted by molar-refractivity contribution is 0.0814. The first-order valence-corrected chi connectivity index (χ1v) is 7.84. The Labute approximate surface area is 121 Å². The molecule has 20 heavy (non-hydrogen) atoms. The van der Waals surface area contributed by atoms with Gasteiger partial charge in [0.1, 0.15) is 0 Å². The number of hydrogen-bond donors (Lipinski definition) is 1. The lowest BCUT2D eigenvalue weighted by Gasteiger charge is -2.41. The van der Waals surface area contributed by atoms with E-state index in [0.717, 1.165) is 30.5 Å². The van der Waals surface area contributed by atoms with Crippen LogP contribution >= 0.6 is 0 Å². The van der Waals surface area contributed by atoms with Crippen molar-refractivity contribution in [3.63, 3.8) is 0 Å². The number of hydrogen-bond acceptors (Lipinski definition) is 2. The number of likely N-dealkylation sites (tertiary alicyclic amines) is 1. The number of amides is 1. The number of nitrogens with two attached hydrogens (primary N) is 1. The molecule has 0 aromatic heterocycles. The summed E-state index contributed by atoms with van der Waals surface area (Å²) < 4.78 is 0. The number of nitrogens with zero attached hydrogens (tertiary/aromatic N) is 1. The molecular formula is C17H24N2O. The van der Waals surface area contributed by atoms with Gasteiger partial charge in [0.15, 0.2) is 0 Å². The Balaban J connectivity index is 1.68. The molecule has 3 nitrogen and oxygen atoms in total. The molecule has 1 aromatic rings. The van der Waals surface area contributed by atoms with Gasteiger partial charge in [0.05, 0.1) is 0 Å². The van der Waals surface area contributed by atoms with Gasteiger partial charge in [0.2, 0.25) is 5.91 Å². The number of rotatable bonds is 3. The van der Waals surface area contributed by atoms with E-state index < -0.39 is 0 Å². The van der Waals surface area contributed by atoms with E-state index in [0.29, 0.717) is 5.56 Å². The molecule has 0 spiro atoms. The molecule has 1 heterocycles. The molecule has 2 N–H and O–H groups in total. The molecule has 2 atom stereocenters. The zero-order chi connectivity index (χ0) is 13.9. The van der Waals surface area contributed by atoms with Crippen molar-refractivity contribution in [1.82, 2.24) is 4.90 Å². The summed E-state index contributed by atoms with van der Waals surface area (Å²) in [5.41, 5.74) is 7.23. The zero-order valence-electron chi connectivity index (χ0n) is 12.1. The average molecular weight is 272 g/mol. The summed E-state index contributed by atoms with van der Waals surface area (Å²) in [5.74, 6) is 1.51.